The second kappa shape index (κ2) is 3.55. The fraction of sp³-hybridized carbons (Fsp3) is 0.375. The highest BCUT2D eigenvalue weighted by molar-refractivity contribution is 5.25. The van der Waals surface area contributed by atoms with Crippen molar-refractivity contribution in [1.82, 2.24) is 4.98 Å². The normalized spacial score (nSPS) is 10.5. The molecule has 0 saturated heterocycles. The average molecular weight is 189 g/mol. The van der Waals surface area contributed by atoms with Crippen molar-refractivity contribution in [2.45, 2.75) is 13.3 Å². The fourth-order valence-corrected chi connectivity index (χ4v) is 1.05. The molecule has 3 nitrogen and oxygen atoms in total. The SMILES string of the molecule is COc1cc(=O)c(C(F)F)c(C)[nH]1. The number of halogens is 2. The highest BCUT2D eigenvalue weighted by Crippen LogP contribution is 2.18. The van der Waals surface area contributed by atoms with Crippen LogP contribution in [0.15, 0.2) is 10.9 Å². The van der Waals surface area contributed by atoms with Crippen molar-refractivity contribution < 1.29 is 13.5 Å². The maximum absolute atomic E-state index is 12.3. The van der Waals surface area contributed by atoms with Crippen LogP contribution in [0.4, 0.5) is 8.78 Å². The number of pyridine rings is 1. The summed E-state index contributed by atoms with van der Waals surface area (Å²) >= 11 is 0. The van der Waals surface area contributed by atoms with E-state index < -0.39 is 17.4 Å². The van der Waals surface area contributed by atoms with Crippen molar-refractivity contribution in [1.29, 1.82) is 0 Å². The zero-order valence-electron chi connectivity index (χ0n) is 7.23. The Morgan fingerprint density at radius 2 is 2.15 bits per heavy atom. The first kappa shape index (κ1) is 9.70. The highest BCUT2D eigenvalue weighted by atomic mass is 19.3. The number of ether oxygens (including phenoxy) is 1. The predicted molar refractivity (Wildman–Crippen MR) is 43.3 cm³/mol. The zero-order chi connectivity index (χ0) is 10.0. The molecule has 0 amide bonds. The second-order valence-electron chi connectivity index (χ2n) is 2.54. The monoisotopic (exact) mass is 189 g/mol. The Labute approximate surface area is 73.4 Å². The summed E-state index contributed by atoms with van der Waals surface area (Å²) < 4.78 is 29.2. The van der Waals surface area contributed by atoms with Gasteiger partial charge in [0, 0.05) is 11.8 Å². The number of aromatic nitrogens is 1. The molecule has 0 atom stereocenters. The number of rotatable bonds is 2. The summed E-state index contributed by atoms with van der Waals surface area (Å²) in [7, 11) is 1.35. The van der Waals surface area contributed by atoms with Crippen LogP contribution < -0.4 is 10.2 Å². The van der Waals surface area contributed by atoms with Crippen molar-refractivity contribution in [2.24, 2.45) is 0 Å². The third kappa shape index (κ3) is 1.85. The molecule has 0 aliphatic rings. The van der Waals surface area contributed by atoms with Crippen molar-refractivity contribution >= 4 is 0 Å². The van der Waals surface area contributed by atoms with Gasteiger partial charge in [-0.25, -0.2) is 8.78 Å². The topological polar surface area (TPSA) is 42.1 Å². The van der Waals surface area contributed by atoms with Crippen LogP contribution in [-0.2, 0) is 0 Å². The summed E-state index contributed by atoms with van der Waals surface area (Å²) in [6.07, 6.45) is -2.75. The highest BCUT2D eigenvalue weighted by Gasteiger charge is 2.15. The summed E-state index contributed by atoms with van der Waals surface area (Å²) in [6, 6.07) is 1.01. The molecular formula is C8H9F2NO2. The lowest BCUT2D eigenvalue weighted by molar-refractivity contribution is 0.148. The van der Waals surface area contributed by atoms with Crippen LogP contribution >= 0.6 is 0 Å². The van der Waals surface area contributed by atoms with E-state index in [1.807, 2.05) is 0 Å². The van der Waals surface area contributed by atoms with E-state index in [0.717, 1.165) is 6.07 Å². The van der Waals surface area contributed by atoms with E-state index in [9.17, 15) is 13.6 Å². The van der Waals surface area contributed by atoms with E-state index in [1.54, 1.807) is 0 Å². The molecule has 0 bridgehead atoms. The molecule has 0 unspecified atom stereocenters. The molecule has 0 aliphatic heterocycles. The summed E-state index contributed by atoms with van der Waals surface area (Å²) in [4.78, 5) is 13.6. The number of aromatic amines is 1. The Morgan fingerprint density at radius 1 is 1.54 bits per heavy atom. The van der Waals surface area contributed by atoms with Gasteiger partial charge in [-0.1, -0.05) is 0 Å². The van der Waals surface area contributed by atoms with Crippen LogP contribution in [0, 0.1) is 6.92 Å². The van der Waals surface area contributed by atoms with Gasteiger partial charge in [-0.3, -0.25) is 4.79 Å². The van der Waals surface area contributed by atoms with Gasteiger partial charge in [0.15, 0.2) is 11.3 Å². The van der Waals surface area contributed by atoms with Crippen molar-refractivity contribution in [3.8, 4) is 5.88 Å². The first-order valence-electron chi connectivity index (χ1n) is 3.62. The van der Waals surface area contributed by atoms with Crippen LogP contribution in [-0.4, -0.2) is 12.1 Å². The van der Waals surface area contributed by atoms with Gasteiger partial charge >= 0.3 is 0 Å². The van der Waals surface area contributed by atoms with Gasteiger partial charge in [0.1, 0.15) is 0 Å². The molecule has 0 saturated carbocycles. The zero-order valence-corrected chi connectivity index (χ0v) is 7.23. The van der Waals surface area contributed by atoms with Crippen LogP contribution in [0.3, 0.4) is 0 Å². The fourth-order valence-electron chi connectivity index (χ4n) is 1.05. The van der Waals surface area contributed by atoms with E-state index in [0.29, 0.717) is 0 Å². The number of hydrogen-bond acceptors (Lipinski definition) is 2. The minimum atomic E-state index is -2.75. The van der Waals surface area contributed by atoms with Gasteiger partial charge in [0.2, 0.25) is 0 Å². The first-order chi connectivity index (χ1) is 6.06. The molecule has 13 heavy (non-hydrogen) atoms. The molecule has 0 fully saturated rings. The lowest BCUT2D eigenvalue weighted by atomic mass is 10.2. The van der Waals surface area contributed by atoms with E-state index in [4.69, 9.17) is 4.74 Å². The van der Waals surface area contributed by atoms with E-state index in [2.05, 4.69) is 4.98 Å². The quantitative estimate of drug-likeness (QED) is 0.768. The summed E-state index contributed by atoms with van der Waals surface area (Å²) in [5.41, 5.74) is -1.07. The number of nitrogens with one attached hydrogen (secondary N) is 1. The van der Waals surface area contributed by atoms with Crippen LogP contribution in [0.5, 0.6) is 5.88 Å². The van der Waals surface area contributed by atoms with Crippen molar-refractivity contribution in [2.75, 3.05) is 7.11 Å². The number of hydrogen-bond donors (Lipinski definition) is 1. The largest absolute Gasteiger partial charge is 0.482 e. The Kier molecular flexibility index (Phi) is 2.65. The lowest BCUT2D eigenvalue weighted by Crippen LogP contribution is -2.12. The Balaban J connectivity index is 3.32. The summed E-state index contributed by atoms with van der Waals surface area (Å²) in [6.45, 7) is 1.41. The van der Waals surface area contributed by atoms with Gasteiger partial charge in [0.25, 0.3) is 6.43 Å². The number of alkyl halides is 2. The molecule has 1 aromatic rings. The first-order valence-corrected chi connectivity index (χ1v) is 3.62. The average Bonchev–Trinajstić information content (AvgIpc) is 2.02. The van der Waals surface area contributed by atoms with Gasteiger partial charge in [0.05, 0.1) is 12.7 Å². The summed E-state index contributed by atoms with van der Waals surface area (Å²) in [5.74, 6) is 0.187. The molecule has 1 N–H and O–H groups in total. The minimum Gasteiger partial charge on any atom is -0.482 e. The molecule has 1 heterocycles. The van der Waals surface area contributed by atoms with Crippen LogP contribution in [0.25, 0.3) is 0 Å². The van der Waals surface area contributed by atoms with Gasteiger partial charge in [-0.2, -0.15) is 0 Å². The predicted octanol–water partition coefficient (Wildman–Crippen LogP) is 1.63. The van der Waals surface area contributed by atoms with Crippen LogP contribution in [0.2, 0.25) is 0 Å². The van der Waals surface area contributed by atoms with Gasteiger partial charge in [-0.15, -0.1) is 0 Å². The molecule has 0 spiro atoms. The third-order valence-electron chi connectivity index (χ3n) is 1.68. The van der Waals surface area contributed by atoms with E-state index in [1.165, 1.54) is 14.0 Å². The second-order valence-corrected chi connectivity index (χ2v) is 2.54. The third-order valence-corrected chi connectivity index (χ3v) is 1.68. The Bertz CT molecular complexity index is 360. The van der Waals surface area contributed by atoms with E-state index in [-0.39, 0.29) is 11.6 Å². The van der Waals surface area contributed by atoms with E-state index >= 15 is 0 Å². The maximum Gasteiger partial charge on any atom is 0.269 e. The molecule has 5 heteroatoms. The number of aryl methyl sites for hydroxylation is 1. The molecule has 0 aromatic carbocycles. The number of methoxy groups -OCH3 is 1. The smallest absolute Gasteiger partial charge is 0.269 e. The van der Waals surface area contributed by atoms with Crippen molar-refractivity contribution in [3.63, 3.8) is 0 Å². The maximum atomic E-state index is 12.3. The molecule has 1 aromatic heterocycles. The molecule has 1 rings (SSSR count). The Morgan fingerprint density at radius 3 is 2.54 bits per heavy atom. The summed E-state index contributed by atoms with van der Waals surface area (Å²) in [5, 5.41) is 0. The van der Waals surface area contributed by atoms with Crippen molar-refractivity contribution in [3.05, 3.63) is 27.5 Å². The molecule has 0 aliphatic carbocycles. The van der Waals surface area contributed by atoms with Crippen LogP contribution in [0.1, 0.15) is 17.7 Å². The Hall–Kier alpha value is -1.39. The molecule has 72 valence electrons. The van der Waals surface area contributed by atoms with Gasteiger partial charge in [-0.05, 0) is 6.92 Å². The van der Waals surface area contributed by atoms with Gasteiger partial charge < -0.3 is 9.72 Å². The molecular weight excluding hydrogens is 180 g/mol. The standard InChI is InChI=1S/C8H9F2NO2/c1-4-7(8(9)10)5(12)3-6(11-4)13-2/h3,8H,1-2H3,(H,11,12). The minimum absolute atomic E-state index is 0.138. The molecule has 0 radical (unpaired) electrons. The lowest BCUT2D eigenvalue weighted by Gasteiger charge is -2.05. The number of H-pyrrole nitrogens is 1.